The van der Waals surface area contributed by atoms with Crippen LogP contribution in [0.4, 0.5) is 0 Å². The lowest BCUT2D eigenvalue weighted by molar-refractivity contribution is -0.140. The third-order valence-electron chi connectivity index (χ3n) is 5.28. The minimum Gasteiger partial charge on any atom is -0.480 e. The molecular formula is C21H28BrNO4. The summed E-state index contributed by atoms with van der Waals surface area (Å²) in [5, 5.41) is 9.22. The summed E-state index contributed by atoms with van der Waals surface area (Å²) in [6.45, 7) is 2.37. The molecule has 1 aliphatic heterocycles. The molecule has 0 bridgehead atoms. The van der Waals surface area contributed by atoms with E-state index in [-0.39, 0.29) is 11.8 Å². The number of carboxylic acid groups (broad SMARTS) is 1. The average molecular weight is 438 g/mol. The number of carbonyl (C=O) groups is 3. The molecule has 2 rings (SSSR count). The van der Waals surface area contributed by atoms with Crippen LogP contribution in [0.5, 0.6) is 0 Å². The van der Waals surface area contributed by atoms with E-state index in [1.807, 2.05) is 6.92 Å². The molecule has 2 amide bonds. The Balaban J connectivity index is 1.57. The van der Waals surface area contributed by atoms with Crippen molar-refractivity contribution in [2.75, 3.05) is 6.54 Å². The van der Waals surface area contributed by atoms with Crippen molar-refractivity contribution in [3.05, 3.63) is 35.4 Å². The summed E-state index contributed by atoms with van der Waals surface area (Å²) in [5.74, 6) is -1.13. The summed E-state index contributed by atoms with van der Waals surface area (Å²) in [6, 6.07) is 6.98. The fourth-order valence-electron chi connectivity index (χ4n) is 3.44. The Morgan fingerprint density at radius 2 is 1.44 bits per heavy atom. The normalized spacial score (nSPS) is 15.7. The Kier molecular flexibility index (Phi) is 8.02. The van der Waals surface area contributed by atoms with Crippen molar-refractivity contribution in [1.82, 2.24) is 4.90 Å². The van der Waals surface area contributed by atoms with Gasteiger partial charge in [-0.1, -0.05) is 73.5 Å². The largest absolute Gasteiger partial charge is 0.480 e. The van der Waals surface area contributed by atoms with Gasteiger partial charge in [0.2, 0.25) is 0 Å². The fourth-order valence-corrected chi connectivity index (χ4v) is 3.72. The van der Waals surface area contributed by atoms with Gasteiger partial charge in [-0.05, 0) is 31.4 Å². The number of hydrogen-bond acceptors (Lipinski definition) is 3. The third kappa shape index (κ3) is 5.41. The standard InChI is InChI=1S/C21H28BrNO4/c1-2-21(22,20(26)27)14-10-6-4-3-5-7-11-15-23-18(24)16-12-8-9-13-17(16)19(23)25/h8-9,12-13H,2-7,10-11,14-15H2,1H3,(H,26,27). The second-order valence-electron chi connectivity index (χ2n) is 7.16. The van der Waals surface area contributed by atoms with E-state index >= 15 is 0 Å². The van der Waals surface area contributed by atoms with Gasteiger partial charge in [0.25, 0.3) is 11.8 Å². The van der Waals surface area contributed by atoms with Gasteiger partial charge in [-0.15, -0.1) is 0 Å². The molecule has 0 aromatic heterocycles. The summed E-state index contributed by atoms with van der Waals surface area (Å²) < 4.78 is -0.778. The van der Waals surface area contributed by atoms with Crippen LogP contribution in [0.1, 0.15) is 85.4 Å². The predicted octanol–water partition coefficient (Wildman–Crippen LogP) is 5.03. The third-order valence-corrected chi connectivity index (χ3v) is 6.57. The Morgan fingerprint density at radius 3 is 1.93 bits per heavy atom. The van der Waals surface area contributed by atoms with Gasteiger partial charge in [0, 0.05) is 6.54 Å². The van der Waals surface area contributed by atoms with Crippen LogP contribution in [-0.4, -0.2) is 38.7 Å². The van der Waals surface area contributed by atoms with Crippen LogP contribution in [0.15, 0.2) is 24.3 Å². The van der Waals surface area contributed by atoms with Crippen molar-refractivity contribution in [3.63, 3.8) is 0 Å². The van der Waals surface area contributed by atoms with Gasteiger partial charge < -0.3 is 5.11 Å². The number of fused-ring (bicyclic) bond motifs is 1. The van der Waals surface area contributed by atoms with Gasteiger partial charge in [-0.3, -0.25) is 19.3 Å². The molecule has 0 fully saturated rings. The molecule has 0 spiro atoms. The SMILES string of the molecule is CCC(Br)(CCCCCCCCCN1C(=O)c2ccccc2C1=O)C(=O)O. The van der Waals surface area contributed by atoms with E-state index in [2.05, 4.69) is 15.9 Å². The van der Waals surface area contributed by atoms with E-state index in [1.165, 1.54) is 4.90 Å². The molecule has 1 aliphatic rings. The molecule has 1 N–H and O–H groups in total. The summed E-state index contributed by atoms with van der Waals surface area (Å²) in [6.07, 6.45) is 8.22. The van der Waals surface area contributed by atoms with Gasteiger partial charge in [0.15, 0.2) is 0 Å². The monoisotopic (exact) mass is 437 g/mol. The minimum atomic E-state index is -0.779. The molecule has 5 nitrogen and oxygen atoms in total. The van der Waals surface area contributed by atoms with Crippen LogP contribution < -0.4 is 0 Å². The van der Waals surface area contributed by atoms with Crippen molar-refractivity contribution >= 4 is 33.7 Å². The van der Waals surface area contributed by atoms with E-state index in [4.69, 9.17) is 0 Å². The molecule has 27 heavy (non-hydrogen) atoms. The Hall–Kier alpha value is -1.69. The molecule has 1 aromatic rings. The first-order chi connectivity index (χ1) is 12.9. The lowest BCUT2D eigenvalue weighted by atomic mass is 9.97. The zero-order chi connectivity index (χ0) is 19.9. The molecule has 1 unspecified atom stereocenters. The Labute approximate surface area is 169 Å². The van der Waals surface area contributed by atoms with E-state index in [1.54, 1.807) is 24.3 Å². The van der Waals surface area contributed by atoms with Crippen LogP contribution in [0.2, 0.25) is 0 Å². The topological polar surface area (TPSA) is 74.7 Å². The summed E-state index contributed by atoms with van der Waals surface area (Å²) in [7, 11) is 0. The molecule has 1 aromatic carbocycles. The van der Waals surface area contributed by atoms with Crippen molar-refractivity contribution in [2.24, 2.45) is 0 Å². The van der Waals surface area contributed by atoms with Crippen LogP contribution >= 0.6 is 15.9 Å². The molecule has 0 saturated heterocycles. The van der Waals surface area contributed by atoms with Crippen molar-refractivity contribution in [2.45, 2.75) is 69.0 Å². The molecule has 1 heterocycles. The average Bonchev–Trinajstić information content (AvgIpc) is 2.91. The molecule has 148 valence electrons. The smallest absolute Gasteiger partial charge is 0.320 e. The summed E-state index contributed by atoms with van der Waals surface area (Å²) >= 11 is 3.35. The lowest BCUT2D eigenvalue weighted by Crippen LogP contribution is -2.30. The number of amides is 2. The molecule has 0 radical (unpaired) electrons. The number of halogens is 1. The first-order valence-corrected chi connectivity index (χ1v) is 10.6. The highest BCUT2D eigenvalue weighted by atomic mass is 79.9. The molecular weight excluding hydrogens is 410 g/mol. The lowest BCUT2D eigenvalue weighted by Gasteiger charge is -2.20. The van der Waals surface area contributed by atoms with Gasteiger partial charge in [-0.2, -0.15) is 0 Å². The number of unbranched alkanes of at least 4 members (excludes halogenated alkanes) is 6. The minimum absolute atomic E-state index is 0.178. The van der Waals surface area contributed by atoms with Crippen molar-refractivity contribution < 1.29 is 19.5 Å². The van der Waals surface area contributed by atoms with Gasteiger partial charge in [0.05, 0.1) is 11.1 Å². The van der Waals surface area contributed by atoms with E-state index in [9.17, 15) is 19.5 Å². The Bertz CT molecular complexity index is 656. The fraction of sp³-hybridized carbons (Fsp3) is 0.571. The number of rotatable bonds is 12. The zero-order valence-electron chi connectivity index (χ0n) is 15.9. The summed E-state index contributed by atoms with van der Waals surface area (Å²) in [4.78, 5) is 37.1. The number of benzene rings is 1. The summed E-state index contributed by atoms with van der Waals surface area (Å²) in [5.41, 5.74) is 1.03. The molecule has 0 saturated carbocycles. The zero-order valence-corrected chi connectivity index (χ0v) is 17.5. The highest BCUT2D eigenvalue weighted by molar-refractivity contribution is 9.10. The number of nitrogens with zero attached hydrogens (tertiary/aromatic N) is 1. The maximum Gasteiger partial charge on any atom is 0.320 e. The molecule has 1 atom stereocenters. The van der Waals surface area contributed by atoms with Crippen LogP contribution in [0.25, 0.3) is 0 Å². The maximum atomic E-state index is 12.3. The predicted molar refractivity (Wildman–Crippen MR) is 108 cm³/mol. The first-order valence-electron chi connectivity index (χ1n) is 9.78. The van der Waals surface area contributed by atoms with Gasteiger partial charge in [-0.25, -0.2) is 0 Å². The second-order valence-corrected chi connectivity index (χ2v) is 8.67. The van der Waals surface area contributed by atoms with Crippen LogP contribution in [0.3, 0.4) is 0 Å². The van der Waals surface area contributed by atoms with E-state index in [0.717, 1.165) is 44.9 Å². The maximum absolute atomic E-state index is 12.3. The highest BCUT2D eigenvalue weighted by Crippen LogP contribution is 2.29. The van der Waals surface area contributed by atoms with Crippen molar-refractivity contribution in [3.8, 4) is 0 Å². The van der Waals surface area contributed by atoms with Gasteiger partial charge in [0.1, 0.15) is 4.32 Å². The van der Waals surface area contributed by atoms with E-state index in [0.29, 0.717) is 30.5 Å². The quantitative estimate of drug-likeness (QED) is 0.282. The van der Waals surface area contributed by atoms with E-state index < -0.39 is 10.3 Å². The van der Waals surface area contributed by atoms with Crippen LogP contribution in [-0.2, 0) is 4.79 Å². The number of aliphatic carboxylic acids is 1. The number of carboxylic acids is 1. The first kappa shape index (κ1) is 21.6. The van der Waals surface area contributed by atoms with Gasteiger partial charge >= 0.3 is 5.97 Å². The number of imide groups is 1. The van der Waals surface area contributed by atoms with Crippen LogP contribution in [0, 0.1) is 0 Å². The Morgan fingerprint density at radius 1 is 0.963 bits per heavy atom. The number of hydrogen-bond donors (Lipinski definition) is 1. The highest BCUT2D eigenvalue weighted by Gasteiger charge is 2.34. The van der Waals surface area contributed by atoms with Crippen molar-refractivity contribution in [1.29, 1.82) is 0 Å². The number of alkyl halides is 1. The molecule has 0 aliphatic carbocycles. The second kappa shape index (κ2) is 10.0. The molecule has 6 heteroatoms. The number of carbonyl (C=O) groups excluding carboxylic acids is 2.